The number of nitriles is 1. The largest absolute Gasteiger partial charge is 0.442 e. The number of rotatable bonds is 5. The molecule has 1 aliphatic rings. The van der Waals surface area contributed by atoms with Crippen LogP contribution in [0.5, 0.6) is 0 Å². The SMILES string of the molecule is Cc1cc(Br)c(Cl)cc1CC(=O)OC1(C#N)CCCN(Cc2ccccc2)C1. The number of benzene rings is 2. The van der Waals surface area contributed by atoms with Gasteiger partial charge < -0.3 is 4.74 Å². The normalized spacial score (nSPS) is 19.8. The van der Waals surface area contributed by atoms with E-state index in [1.807, 2.05) is 31.2 Å². The van der Waals surface area contributed by atoms with Crippen LogP contribution >= 0.6 is 27.5 Å². The van der Waals surface area contributed by atoms with Gasteiger partial charge >= 0.3 is 5.97 Å². The summed E-state index contributed by atoms with van der Waals surface area (Å²) in [6.07, 6.45) is 1.47. The van der Waals surface area contributed by atoms with E-state index in [4.69, 9.17) is 16.3 Å². The minimum absolute atomic E-state index is 0.0982. The summed E-state index contributed by atoms with van der Waals surface area (Å²) in [6, 6.07) is 16.0. The summed E-state index contributed by atoms with van der Waals surface area (Å²) >= 11 is 9.54. The maximum atomic E-state index is 12.6. The van der Waals surface area contributed by atoms with Gasteiger partial charge in [-0.05, 0) is 64.6 Å². The molecule has 0 radical (unpaired) electrons. The Morgan fingerprint density at radius 2 is 2.11 bits per heavy atom. The third kappa shape index (κ3) is 5.14. The van der Waals surface area contributed by atoms with Gasteiger partial charge in [-0.2, -0.15) is 5.26 Å². The molecule has 28 heavy (non-hydrogen) atoms. The molecular weight excluding hydrogens is 440 g/mol. The summed E-state index contributed by atoms with van der Waals surface area (Å²) in [4.78, 5) is 14.8. The van der Waals surface area contributed by atoms with Gasteiger partial charge in [-0.15, -0.1) is 0 Å². The zero-order valence-corrected chi connectivity index (χ0v) is 18.1. The van der Waals surface area contributed by atoms with Crippen molar-refractivity contribution in [2.75, 3.05) is 13.1 Å². The van der Waals surface area contributed by atoms with Crippen molar-refractivity contribution >= 4 is 33.5 Å². The lowest BCUT2D eigenvalue weighted by molar-refractivity contribution is -0.158. The van der Waals surface area contributed by atoms with Crippen LogP contribution in [0.3, 0.4) is 0 Å². The monoisotopic (exact) mass is 460 g/mol. The maximum Gasteiger partial charge on any atom is 0.311 e. The number of nitrogens with zero attached hydrogens (tertiary/aromatic N) is 2. The number of hydrogen-bond donors (Lipinski definition) is 0. The Balaban J connectivity index is 1.67. The van der Waals surface area contributed by atoms with E-state index in [-0.39, 0.29) is 6.42 Å². The van der Waals surface area contributed by atoms with E-state index in [1.165, 1.54) is 5.56 Å². The van der Waals surface area contributed by atoms with Gasteiger partial charge in [0.15, 0.2) is 0 Å². The fraction of sp³-hybridized carbons (Fsp3) is 0.364. The Bertz CT molecular complexity index is 897. The highest BCUT2D eigenvalue weighted by Gasteiger charge is 2.39. The van der Waals surface area contributed by atoms with E-state index in [0.717, 1.165) is 35.1 Å². The molecule has 1 atom stereocenters. The van der Waals surface area contributed by atoms with Crippen LogP contribution in [0.25, 0.3) is 0 Å². The molecule has 4 nitrogen and oxygen atoms in total. The van der Waals surface area contributed by atoms with E-state index >= 15 is 0 Å². The lowest BCUT2D eigenvalue weighted by Crippen LogP contribution is -2.49. The first kappa shape index (κ1) is 20.9. The van der Waals surface area contributed by atoms with Crippen molar-refractivity contribution in [1.82, 2.24) is 4.90 Å². The van der Waals surface area contributed by atoms with Crippen molar-refractivity contribution in [3.8, 4) is 6.07 Å². The van der Waals surface area contributed by atoms with Crippen LogP contribution in [0.1, 0.15) is 29.5 Å². The molecule has 0 spiro atoms. The molecule has 6 heteroatoms. The minimum Gasteiger partial charge on any atom is -0.442 e. The van der Waals surface area contributed by atoms with E-state index in [0.29, 0.717) is 18.0 Å². The predicted molar refractivity (Wildman–Crippen MR) is 113 cm³/mol. The second-order valence-corrected chi connectivity index (χ2v) is 8.51. The van der Waals surface area contributed by atoms with Crippen LogP contribution < -0.4 is 0 Å². The number of esters is 1. The van der Waals surface area contributed by atoms with Crippen LogP contribution in [0.15, 0.2) is 46.9 Å². The fourth-order valence-corrected chi connectivity index (χ4v) is 4.21. The molecule has 3 rings (SSSR count). The van der Waals surface area contributed by atoms with E-state index in [1.54, 1.807) is 6.07 Å². The molecule has 0 bridgehead atoms. The molecule has 0 aromatic heterocycles. The second kappa shape index (κ2) is 9.09. The van der Waals surface area contributed by atoms with Crippen LogP contribution in [-0.4, -0.2) is 29.6 Å². The number of hydrogen-bond acceptors (Lipinski definition) is 4. The minimum atomic E-state index is -1.10. The van der Waals surface area contributed by atoms with Gasteiger partial charge in [0.25, 0.3) is 0 Å². The summed E-state index contributed by atoms with van der Waals surface area (Å²) < 4.78 is 6.52. The van der Waals surface area contributed by atoms with Crippen molar-refractivity contribution in [3.05, 3.63) is 68.7 Å². The number of likely N-dealkylation sites (tertiary alicyclic amines) is 1. The van der Waals surface area contributed by atoms with E-state index in [9.17, 15) is 10.1 Å². The van der Waals surface area contributed by atoms with Crippen molar-refractivity contribution in [2.24, 2.45) is 0 Å². The maximum absolute atomic E-state index is 12.6. The second-order valence-electron chi connectivity index (χ2n) is 7.25. The molecule has 2 aromatic carbocycles. The Kier molecular flexibility index (Phi) is 6.77. The predicted octanol–water partition coefficient (Wildman–Crippen LogP) is 5.06. The lowest BCUT2D eigenvalue weighted by atomic mass is 9.93. The standard InChI is InChI=1S/C22H22BrClN2O2/c1-16-10-19(23)20(24)11-18(16)12-21(27)28-22(14-25)8-5-9-26(15-22)13-17-6-3-2-4-7-17/h2-4,6-7,10-11H,5,8-9,12-13,15H2,1H3. The highest BCUT2D eigenvalue weighted by atomic mass is 79.9. The molecule has 1 unspecified atom stereocenters. The summed E-state index contributed by atoms with van der Waals surface area (Å²) in [5.74, 6) is -0.399. The Labute approximate surface area is 179 Å². The quantitative estimate of drug-likeness (QED) is 0.584. The van der Waals surface area contributed by atoms with Gasteiger partial charge in [-0.25, -0.2) is 0 Å². The molecule has 0 N–H and O–H groups in total. The first-order valence-electron chi connectivity index (χ1n) is 9.25. The molecule has 0 amide bonds. The number of ether oxygens (including phenoxy) is 1. The first-order chi connectivity index (χ1) is 13.4. The van der Waals surface area contributed by atoms with Crippen LogP contribution in [0.4, 0.5) is 0 Å². The number of halogens is 2. The molecule has 1 fully saturated rings. The molecule has 146 valence electrons. The summed E-state index contributed by atoms with van der Waals surface area (Å²) in [6.45, 7) is 3.97. The molecule has 1 heterocycles. The highest BCUT2D eigenvalue weighted by Crippen LogP contribution is 2.29. The summed E-state index contributed by atoms with van der Waals surface area (Å²) in [5.41, 5.74) is 1.84. The number of carbonyl (C=O) groups excluding carboxylic acids is 1. The van der Waals surface area contributed by atoms with Crippen molar-refractivity contribution in [1.29, 1.82) is 5.26 Å². The Morgan fingerprint density at radius 1 is 1.36 bits per heavy atom. The Hall–Kier alpha value is -1.87. The molecule has 1 aliphatic heterocycles. The average molecular weight is 462 g/mol. The number of aryl methyl sites for hydroxylation is 1. The molecule has 0 aliphatic carbocycles. The van der Waals surface area contributed by atoms with Gasteiger partial charge in [-0.1, -0.05) is 41.9 Å². The summed E-state index contributed by atoms with van der Waals surface area (Å²) in [7, 11) is 0. The first-order valence-corrected chi connectivity index (χ1v) is 10.4. The molecular formula is C22H22BrClN2O2. The van der Waals surface area contributed by atoms with Crippen molar-refractivity contribution < 1.29 is 9.53 Å². The van der Waals surface area contributed by atoms with Gasteiger partial charge in [0.1, 0.15) is 6.07 Å². The third-order valence-corrected chi connectivity index (χ3v) is 6.21. The van der Waals surface area contributed by atoms with E-state index < -0.39 is 11.6 Å². The van der Waals surface area contributed by atoms with Crippen molar-refractivity contribution in [3.63, 3.8) is 0 Å². The number of carbonyl (C=O) groups is 1. The van der Waals surface area contributed by atoms with Gasteiger partial charge in [0, 0.05) is 17.4 Å². The van der Waals surface area contributed by atoms with Crippen molar-refractivity contribution in [2.45, 2.75) is 38.3 Å². The molecule has 1 saturated heterocycles. The topological polar surface area (TPSA) is 53.3 Å². The molecule has 2 aromatic rings. The lowest BCUT2D eigenvalue weighted by Gasteiger charge is -2.37. The van der Waals surface area contributed by atoms with Crippen LogP contribution in [0.2, 0.25) is 5.02 Å². The average Bonchev–Trinajstić information content (AvgIpc) is 2.67. The molecule has 0 saturated carbocycles. The van der Waals surface area contributed by atoms with E-state index in [2.05, 4.69) is 39.0 Å². The van der Waals surface area contributed by atoms with Gasteiger partial charge in [0.05, 0.1) is 18.0 Å². The van der Waals surface area contributed by atoms with Crippen LogP contribution in [0, 0.1) is 18.3 Å². The zero-order valence-electron chi connectivity index (χ0n) is 15.8. The number of piperidine rings is 1. The summed E-state index contributed by atoms with van der Waals surface area (Å²) in [5, 5.41) is 10.3. The van der Waals surface area contributed by atoms with Crippen LogP contribution in [-0.2, 0) is 22.5 Å². The third-order valence-electron chi connectivity index (χ3n) is 5.01. The Morgan fingerprint density at radius 3 is 2.82 bits per heavy atom. The smallest absolute Gasteiger partial charge is 0.311 e. The highest BCUT2D eigenvalue weighted by molar-refractivity contribution is 9.10. The zero-order chi connectivity index (χ0) is 20.1. The fourth-order valence-electron chi connectivity index (χ4n) is 3.57. The van der Waals surface area contributed by atoms with Gasteiger partial charge in [-0.3, -0.25) is 9.69 Å². The van der Waals surface area contributed by atoms with Gasteiger partial charge in [0.2, 0.25) is 5.60 Å².